The van der Waals surface area contributed by atoms with Crippen molar-refractivity contribution in [3.63, 3.8) is 0 Å². The number of rotatable bonds is 0. The molecular formula is C5H2F6N2O2. The van der Waals surface area contributed by atoms with Gasteiger partial charge in [-0.15, -0.1) is 26.3 Å². The highest BCUT2D eigenvalue weighted by atomic mass is 19.4. The highest BCUT2D eigenvalue weighted by Crippen LogP contribution is 2.32. The van der Waals surface area contributed by atoms with E-state index in [2.05, 4.69) is 0 Å². The standard InChI is InChI=1S/C5H2F6N2O2/c6-4(7,8)12-1-2(14)13(3(12)15)5(9,10)11/h1H2. The smallest absolute Gasteiger partial charge is 0.272 e. The number of carbonyl (C=O) groups excluding carboxylic acids is 2. The number of alkyl halides is 6. The molecule has 0 spiro atoms. The first-order valence-corrected chi connectivity index (χ1v) is 3.33. The summed E-state index contributed by atoms with van der Waals surface area (Å²) in [4.78, 5) is 18.6. The Kier molecular flexibility index (Phi) is 2.32. The Morgan fingerprint density at radius 3 is 1.60 bits per heavy atom. The topological polar surface area (TPSA) is 40.6 Å². The lowest BCUT2D eigenvalue weighted by molar-refractivity contribution is -0.230. The van der Waals surface area contributed by atoms with Gasteiger partial charge >= 0.3 is 18.6 Å². The molecule has 0 aromatic heterocycles. The maximum atomic E-state index is 11.9. The van der Waals surface area contributed by atoms with Crippen LogP contribution >= 0.6 is 0 Å². The van der Waals surface area contributed by atoms with Crippen molar-refractivity contribution in [2.75, 3.05) is 6.54 Å². The van der Waals surface area contributed by atoms with E-state index in [1.54, 1.807) is 0 Å². The zero-order valence-electron chi connectivity index (χ0n) is 6.69. The lowest BCUT2D eigenvalue weighted by Crippen LogP contribution is -2.46. The highest BCUT2D eigenvalue weighted by molar-refractivity contribution is 6.02. The summed E-state index contributed by atoms with van der Waals surface area (Å²) in [6.07, 6.45) is -10.7. The van der Waals surface area contributed by atoms with Crippen molar-refractivity contribution in [2.45, 2.75) is 12.6 Å². The number of urea groups is 1. The lowest BCUT2D eigenvalue weighted by Gasteiger charge is -2.20. The largest absolute Gasteiger partial charge is 0.495 e. The average molecular weight is 236 g/mol. The number of hydrogen-bond acceptors (Lipinski definition) is 2. The molecule has 4 nitrogen and oxygen atoms in total. The van der Waals surface area contributed by atoms with Crippen LogP contribution in [0.15, 0.2) is 0 Å². The van der Waals surface area contributed by atoms with Gasteiger partial charge in [0, 0.05) is 0 Å². The highest BCUT2D eigenvalue weighted by Gasteiger charge is 2.58. The van der Waals surface area contributed by atoms with Crippen LogP contribution in [0.3, 0.4) is 0 Å². The van der Waals surface area contributed by atoms with Gasteiger partial charge in [0.1, 0.15) is 6.54 Å². The zero-order valence-corrected chi connectivity index (χ0v) is 6.69. The Hall–Kier alpha value is -1.48. The fourth-order valence-corrected chi connectivity index (χ4v) is 0.949. The molecule has 0 aromatic carbocycles. The molecular weight excluding hydrogens is 234 g/mol. The van der Waals surface area contributed by atoms with Crippen molar-refractivity contribution in [1.82, 2.24) is 9.80 Å². The Morgan fingerprint density at radius 1 is 0.933 bits per heavy atom. The molecule has 1 saturated heterocycles. The Morgan fingerprint density at radius 2 is 1.40 bits per heavy atom. The van der Waals surface area contributed by atoms with Gasteiger partial charge in [0.05, 0.1) is 0 Å². The summed E-state index contributed by atoms with van der Waals surface area (Å²) in [6, 6.07) is -2.43. The summed E-state index contributed by atoms with van der Waals surface area (Å²) in [5.41, 5.74) is 0. The third-order valence-corrected chi connectivity index (χ3v) is 1.52. The van der Waals surface area contributed by atoms with Crippen LogP contribution in [-0.4, -0.2) is 40.9 Å². The Balaban J connectivity index is 3.00. The SMILES string of the molecule is O=C1CN(C(F)(F)F)C(=O)N1C(F)(F)F. The van der Waals surface area contributed by atoms with Gasteiger partial charge in [-0.05, 0) is 0 Å². The molecule has 1 fully saturated rings. The van der Waals surface area contributed by atoms with Gasteiger partial charge in [-0.3, -0.25) is 4.79 Å². The predicted octanol–water partition coefficient (Wildman–Crippen LogP) is 1.29. The van der Waals surface area contributed by atoms with Crippen LogP contribution in [-0.2, 0) is 4.79 Å². The van der Waals surface area contributed by atoms with Gasteiger partial charge in [-0.1, -0.05) is 0 Å². The molecule has 1 rings (SSSR count). The molecule has 1 aliphatic rings. The maximum absolute atomic E-state index is 11.9. The average Bonchev–Trinajstić information content (AvgIpc) is 2.22. The normalized spacial score (nSPS) is 19.1. The molecule has 0 unspecified atom stereocenters. The fourth-order valence-electron chi connectivity index (χ4n) is 0.949. The van der Waals surface area contributed by atoms with Crippen molar-refractivity contribution >= 4 is 11.9 Å². The molecule has 1 heterocycles. The minimum Gasteiger partial charge on any atom is -0.272 e. The molecule has 0 aromatic rings. The van der Waals surface area contributed by atoms with E-state index in [1.807, 2.05) is 0 Å². The second kappa shape index (κ2) is 3.00. The summed E-state index contributed by atoms with van der Waals surface area (Å²) in [7, 11) is 0. The lowest BCUT2D eigenvalue weighted by atomic mass is 10.6. The van der Waals surface area contributed by atoms with Gasteiger partial charge < -0.3 is 0 Å². The van der Waals surface area contributed by atoms with E-state index in [9.17, 15) is 35.9 Å². The van der Waals surface area contributed by atoms with E-state index >= 15 is 0 Å². The molecule has 1 aliphatic heterocycles. The van der Waals surface area contributed by atoms with Crippen molar-refractivity contribution in [3.05, 3.63) is 0 Å². The number of nitrogens with zero attached hydrogens (tertiary/aromatic N) is 2. The fraction of sp³-hybridized carbons (Fsp3) is 0.600. The Bertz CT molecular complexity index is 308. The first-order chi connectivity index (χ1) is 6.55. The van der Waals surface area contributed by atoms with Crippen LogP contribution < -0.4 is 0 Å². The van der Waals surface area contributed by atoms with Crippen LogP contribution in [0.25, 0.3) is 0 Å². The number of amides is 3. The first kappa shape index (κ1) is 11.6. The number of halogens is 6. The van der Waals surface area contributed by atoms with E-state index < -0.39 is 40.9 Å². The van der Waals surface area contributed by atoms with Gasteiger partial charge in [0.2, 0.25) is 0 Å². The number of carbonyl (C=O) groups is 2. The van der Waals surface area contributed by atoms with Crippen molar-refractivity contribution < 1.29 is 35.9 Å². The summed E-state index contributed by atoms with van der Waals surface area (Å²) >= 11 is 0. The molecule has 3 amide bonds. The summed E-state index contributed by atoms with van der Waals surface area (Å²) in [5, 5.41) is 0. The summed E-state index contributed by atoms with van der Waals surface area (Å²) < 4.78 is 71.5. The summed E-state index contributed by atoms with van der Waals surface area (Å²) in [6.45, 7) is -1.65. The van der Waals surface area contributed by atoms with Gasteiger partial charge in [-0.25, -0.2) is 9.69 Å². The third-order valence-electron chi connectivity index (χ3n) is 1.52. The van der Waals surface area contributed by atoms with Gasteiger partial charge in [-0.2, -0.15) is 4.90 Å². The molecule has 10 heteroatoms. The van der Waals surface area contributed by atoms with E-state index in [-0.39, 0.29) is 0 Å². The quantitative estimate of drug-likeness (QED) is 0.361. The second-order valence-corrected chi connectivity index (χ2v) is 2.53. The number of imide groups is 1. The number of hydrogen-bond donors (Lipinski definition) is 0. The van der Waals surface area contributed by atoms with E-state index in [4.69, 9.17) is 0 Å². The first-order valence-electron chi connectivity index (χ1n) is 3.33. The second-order valence-electron chi connectivity index (χ2n) is 2.53. The minimum absolute atomic E-state index is 1.11. The van der Waals surface area contributed by atoms with Crippen LogP contribution in [0.2, 0.25) is 0 Å². The van der Waals surface area contributed by atoms with Crippen LogP contribution in [0.1, 0.15) is 0 Å². The molecule has 15 heavy (non-hydrogen) atoms. The predicted molar refractivity (Wildman–Crippen MR) is 31.1 cm³/mol. The van der Waals surface area contributed by atoms with Crippen molar-refractivity contribution in [3.8, 4) is 0 Å². The molecule has 0 atom stereocenters. The molecule has 0 aliphatic carbocycles. The molecule has 0 bridgehead atoms. The molecule has 0 saturated carbocycles. The molecule has 0 N–H and O–H groups in total. The Labute approximate surface area is 78.0 Å². The van der Waals surface area contributed by atoms with Crippen LogP contribution in [0.4, 0.5) is 31.1 Å². The van der Waals surface area contributed by atoms with Gasteiger partial charge in [0.25, 0.3) is 5.91 Å². The van der Waals surface area contributed by atoms with Gasteiger partial charge in [0.15, 0.2) is 0 Å². The van der Waals surface area contributed by atoms with Crippen molar-refractivity contribution in [1.29, 1.82) is 0 Å². The van der Waals surface area contributed by atoms with Crippen LogP contribution in [0, 0.1) is 0 Å². The minimum atomic E-state index is -5.44. The summed E-state index contributed by atoms with van der Waals surface area (Å²) in [5.74, 6) is -1.95. The van der Waals surface area contributed by atoms with Crippen LogP contribution in [0.5, 0.6) is 0 Å². The maximum Gasteiger partial charge on any atom is 0.495 e. The molecule has 86 valence electrons. The third kappa shape index (κ3) is 1.97. The zero-order chi connectivity index (χ0) is 12.0. The van der Waals surface area contributed by atoms with E-state index in [0.29, 0.717) is 0 Å². The monoisotopic (exact) mass is 236 g/mol. The van der Waals surface area contributed by atoms with E-state index in [1.165, 1.54) is 0 Å². The van der Waals surface area contributed by atoms with E-state index in [0.717, 1.165) is 0 Å². The van der Waals surface area contributed by atoms with Crippen molar-refractivity contribution in [2.24, 2.45) is 0 Å². The molecule has 0 radical (unpaired) electrons.